The van der Waals surface area contributed by atoms with Crippen molar-refractivity contribution in [3.8, 4) is 0 Å². The summed E-state index contributed by atoms with van der Waals surface area (Å²) in [5.41, 5.74) is 0. The van der Waals surface area contributed by atoms with E-state index in [1.165, 1.54) is 51.4 Å². The number of hydrogen-bond donors (Lipinski definition) is 1. The first-order valence-corrected chi connectivity index (χ1v) is 15.5. The molecule has 0 saturated heterocycles. The van der Waals surface area contributed by atoms with E-state index < -0.39 is 17.9 Å². The van der Waals surface area contributed by atoms with Crippen molar-refractivity contribution in [2.45, 2.75) is 150 Å². The van der Waals surface area contributed by atoms with Crippen LogP contribution in [0, 0.1) is 5.92 Å². The number of thiol groups is 1. The molecule has 0 heterocycles. The first-order chi connectivity index (χ1) is 17.1. The highest BCUT2D eigenvalue weighted by Gasteiger charge is 2.42. The summed E-state index contributed by atoms with van der Waals surface area (Å²) in [6.45, 7) is 13.6. The van der Waals surface area contributed by atoms with E-state index in [0.29, 0.717) is 11.4 Å². The second-order valence-electron chi connectivity index (χ2n) is 10.4. The molecule has 0 amide bonds. The summed E-state index contributed by atoms with van der Waals surface area (Å²) in [6.07, 6.45) is 15.0. The molecule has 7 heteroatoms. The fraction of sp³-hybridized carbons (Fsp3) is 0.897. The number of rotatable bonds is 22. The molecule has 0 fully saturated rings. The molecule has 0 radical (unpaired) electrons. The van der Waals surface area contributed by atoms with Gasteiger partial charge in [-0.15, -0.1) is 0 Å². The highest BCUT2D eigenvalue weighted by Crippen LogP contribution is 2.27. The minimum absolute atomic E-state index is 0.0913. The maximum atomic E-state index is 13.2. The largest absolute Gasteiger partial charge is 0.463 e. The normalized spacial score (nSPS) is 14.2. The molecule has 36 heavy (non-hydrogen) atoms. The topological polar surface area (TPSA) is 52.6 Å². The molecule has 0 bridgehead atoms. The Morgan fingerprint density at radius 1 is 0.722 bits per heavy atom. The second kappa shape index (κ2) is 21.3. The van der Waals surface area contributed by atoms with Crippen molar-refractivity contribution in [2.24, 2.45) is 5.92 Å². The number of nitrogens with zero attached hydrogens (tertiary/aromatic N) is 1. The summed E-state index contributed by atoms with van der Waals surface area (Å²) in [5, 5.41) is 0. The van der Waals surface area contributed by atoms with Gasteiger partial charge in [-0.05, 0) is 64.6 Å². The van der Waals surface area contributed by atoms with Crippen LogP contribution in [0.4, 0.5) is 0 Å². The number of quaternary nitrogens is 1. The van der Waals surface area contributed by atoms with Crippen LogP contribution in [-0.2, 0) is 19.1 Å². The number of carbonyl (C=O) groups is 2. The fourth-order valence-corrected chi connectivity index (χ4v) is 4.87. The van der Waals surface area contributed by atoms with E-state index >= 15 is 0 Å². The summed E-state index contributed by atoms with van der Waals surface area (Å²) in [4.78, 5) is 26.4. The number of thiocarbonyl (C=S) groups is 1. The standard InChI is InChI=1S/C29H56NO4S2/c1-7-11-13-15-17-19-21-30(36,22-20-18-16-14-12-8-2)28(35)26(29(32)34-25(6)10-4)23-27(31)33-24(5)9-3/h24-26,36H,7-23H2,1-6H3/q+1. The van der Waals surface area contributed by atoms with Crippen molar-refractivity contribution in [3.63, 3.8) is 0 Å². The number of unbranched alkanes of at least 4 members (excludes halogenated alkanes) is 10. The molecule has 3 atom stereocenters. The van der Waals surface area contributed by atoms with E-state index in [9.17, 15) is 9.59 Å². The number of esters is 2. The molecule has 0 N–H and O–H groups in total. The second-order valence-corrected chi connectivity index (χ2v) is 11.5. The molecule has 0 rings (SSSR count). The Morgan fingerprint density at radius 3 is 1.58 bits per heavy atom. The number of ether oxygens (including phenoxy) is 2. The lowest BCUT2D eigenvalue weighted by Gasteiger charge is -2.34. The molecular formula is C29H56NO4S2+. The monoisotopic (exact) mass is 546 g/mol. The third-order valence-electron chi connectivity index (χ3n) is 6.93. The molecule has 5 nitrogen and oxygen atoms in total. The Bertz CT molecular complexity index is 598. The van der Waals surface area contributed by atoms with Crippen molar-refractivity contribution < 1.29 is 23.0 Å². The molecule has 0 aliphatic rings. The smallest absolute Gasteiger partial charge is 0.320 e. The molecular weight excluding hydrogens is 490 g/mol. The van der Waals surface area contributed by atoms with Crippen LogP contribution in [0.3, 0.4) is 0 Å². The van der Waals surface area contributed by atoms with E-state index in [-0.39, 0.29) is 22.5 Å². The first kappa shape index (κ1) is 35.3. The molecule has 0 aromatic heterocycles. The quantitative estimate of drug-likeness (QED) is 0.0486. The van der Waals surface area contributed by atoms with Crippen LogP contribution in [-0.4, -0.2) is 46.1 Å². The lowest BCUT2D eigenvalue weighted by atomic mass is 10.0. The predicted molar refractivity (Wildman–Crippen MR) is 158 cm³/mol. The van der Waals surface area contributed by atoms with E-state index in [4.69, 9.17) is 34.5 Å². The summed E-state index contributed by atoms with van der Waals surface area (Å²) < 4.78 is 11.4. The Hall–Kier alpha value is -0.660. The van der Waals surface area contributed by atoms with Crippen LogP contribution in [0.25, 0.3) is 0 Å². The van der Waals surface area contributed by atoms with Crippen LogP contribution < -0.4 is 0 Å². The van der Waals surface area contributed by atoms with Gasteiger partial charge in [-0.25, -0.2) is 3.89 Å². The zero-order chi connectivity index (χ0) is 27.4. The minimum Gasteiger partial charge on any atom is -0.463 e. The summed E-state index contributed by atoms with van der Waals surface area (Å²) in [5.74, 6) is -1.67. The summed E-state index contributed by atoms with van der Waals surface area (Å²) in [6, 6.07) is 0. The van der Waals surface area contributed by atoms with Crippen molar-refractivity contribution in [3.05, 3.63) is 0 Å². The Kier molecular flexibility index (Phi) is 20.9. The van der Waals surface area contributed by atoms with Gasteiger partial charge in [0.05, 0.1) is 44.5 Å². The van der Waals surface area contributed by atoms with Crippen LogP contribution in [0.15, 0.2) is 0 Å². The average Bonchev–Trinajstić information content (AvgIpc) is 2.85. The van der Waals surface area contributed by atoms with Crippen LogP contribution in [0.1, 0.15) is 138 Å². The third kappa shape index (κ3) is 15.6. The Morgan fingerprint density at radius 2 is 1.14 bits per heavy atom. The maximum Gasteiger partial charge on any atom is 0.320 e. The molecule has 0 aliphatic carbocycles. The lowest BCUT2D eigenvalue weighted by Crippen LogP contribution is -2.50. The summed E-state index contributed by atoms with van der Waals surface area (Å²) >= 11 is 11.1. The number of hydrogen-bond acceptors (Lipinski definition) is 6. The maximum absolute atomic E-state index is 13.2. The first-order valence-electron chi connectivity index (χ1n) is 14.7. The van der Waals surface area contributed by atoms with Gasteiger partial charge in [0, 0.05) is 0 Å². The van der Waals surface area contributed by atoms with Crippen molar-refractivity contribution in [2.75, 3.05) is 13.1 Å². The van der Waals surface area contributed by atoms with E-state index in [0.717, 1.165) is 45.2 Å². The average molecular weight is 547 g/mol. The van der Waals surface area contributed by atoms with Crippen molar-refractivity contribution in [1.82, 2.24) is 0 Å². The van der Waals surface area contributed by atoms with Gasteiger partial charge in [-0.3, -0.25) is 9.59 Å². The highest BCUT2D eigenvalue weighted by atomic mass is 32.1. The van der Waals surface area contributed by atoms with Gasteiger partial charge in [0.25, 0.3) is 0 Å². The lowest BCUT2D eigenvalue weighted by molar-refractivity contribution is -0.696. The third-order valence-corrected chi connectivity index (χ3v) is 8.31. The Balaban J connectivity index is 5.57. The van der Waals surface area contributed by atoms with Crippen molar-refractivity contribution in [1.29, 1.82) is 0 Å². The van der Waals surface area contributed by atoms with Gasteiger partial charge in [0.2, 0.25) is 4.99 Å². The molecule has 3 unspecified atom stereocenters. The molecule has 0 aliphatic heterocycles. The predicted octanol–water partition coefficient (Wildman–Crippen LogP) is 8.39. The van der Waals surface area contributed by atoms with Crippen LogP contribution in [0.2, 0.25) is 0 Å². The Labute approximate surface area is 233 Å². The van der Waals surface area contributed by atoms with Crippen molar-refractivity contribution >= 4 is 42.0 Å². The van der Waals surface area contributed by atoms with Gasteiger partial charge >= 0.3 is 11.9 Å². The van der Waals surface area contributed by atoms with E-state index in [2.05, 4.69) is 13.8 Å². The van der Waals surface area contributed by atoms with Crippen LogP contribution >= 0.6 is 25.0 Å². The van der Waals surface area contributed by atoms with Gasteiger partial charge in [0.1, 0.15) is 0 Å². The SMILES string of the molecule is CCCCCCCC[N+](S)(CCCCCCCC)C(=S)C(CC(=O)OC(C)CC)C(=O)OC(C)CC. The van der Waals surface area contributed by atoms with Gasteiger partial charge in [-0.1, -0.05) is 79.1 Å². The molecule has 0 aromatic rings. The molecule has 212 valence electrons. The van der Waals surface area contributed by atoms with E-state index in [1.807, 2.05) is 27.7 Å². The van der Waals surface area contributed by atoms with Crippen LogP contribution in [0.5, 0.6) is 0 Å². The van der Waals surface area contributed by atoms with Gasteiger partial charge < -0.3 is 9.47 Å². The van der Waals surface area contributed by atoms with Gasteiger partial charge in [0.15, 0.2) is 5.92 Å². The zero-order valence-electron chi connectivity index (χ0n) is 24.2. The summed E-state index contributed by atoms with van der Waals surface area (Å²) in [7, 11) is 0. The fourth-order valence-electron chi connectivity index (χ4n) is 4.09. The molecule has 0 spiro atoms. The molecule has 0 aromatic carbocycles. The highest BCUT2D eigenvalue weighted by molar-refractivity contribution is 7.82. The zero-order valence-corrected chi connectivity index (χ0v) is 25.9. The minimum atomic E-state index is -0.830. The number of carbonyl (C=O) groups excluding carboxylic acids is 2. The van der Waals surface area contributed by atoms with E-state index in [1.54, 1.807) is 0 Å². The van der Waals surface area contributed by atoms with Gasteiger partial charge in [-0.2, -0.15) is 0 Å². The molecule has 0 saturated carbocycles.